The monoisotopic (exact) mass is 476 g/mol. The SMILES string of the molecule is COc1cc(/C=C2/SC(=Nc3ccc(Br)cc3)NC2=O)ccc1OC(C)C(=O)O. The van der Waals surface area contributed by atoms with Gasteiger partial charge in [0.2, 0.25) is 0 Å². The van der Waals surface area contributed by atoms with Crippen molar-refractivity contribution < 1.29 is 24.2 Å². The third-order valence-electron chi connectivity index (χ3n) is 3.85. The van der Waals surface area contributed by atoms with Gasteiger partial charge in [-0.15, -0.1) is 0 Å². The molecule has 1 saturated heterocycles. The second-order valence-corrected chi connectivity index (χ2v) is 7.91. The lowest BCUT2D eigenvalue weighted by atomic mass is 10.2. The highest BCUT2D eigenvalue weighted by Crippen LogP contribution is 2.32. The summed E-state index contributed by atoms with van der Waals surface area (Å²) in [6, 6.07) is 12.4. The van der Waals surface area contributed by atoms with Gasteiger partial charge in [-0.05, 0) is 66.7 Å². The smallest absolute Gasteiger partial charge is 0.344 e. The molecule has 2 aromatic rings. The van der Waals surface area contributed by atoms with E-state index in [0.717, 1.165) is 10.2 Å². The van der Waals surface area contributed by atoms with Crippen LogP contribution in [0.5, 0.6) is 11.5 Å². The molecule has 0 aliphatic carbocycles. The molecule has 9 heteroatoms. The Kier molecular flexibility index (Phi) is 6.60. The third kappa shape index (κ3) is 5.39. The fraction of sp³-hybridized carbons (Fsp3) is 0.150. The molecule has 150 valence electrons. The predicted octanol–water partition coefficient (Wildman–Crippen LogP) is 4.20. The van der Waals surface area contributed by atoms with E-state index in [1.54, 1.807) is 24.3 Å². The van der Waals surface area contributed by atoms with E-state index in [1.807, 2.05) is 24.3 Å². The summed E-state index contributed by atoms with van der Waals surface area (Å²) in [5.41, 5.74) is 1.44. The highest BCUT2D eigenvalue weighted by molar-refractivity contribution is 9.10. The Morgan fingerprint density at radius 2 is 1.97 bits per heavy atom. The number of benzene rings is 2. The molecule has 1 aliphatic heterocycles. The fourth-order valence-electron chi connectivity index (χ4n) is 2.38. The lowest BCUT2D eigenvalue weighted by Gasteiger charge is -2.14. The second kappa shape index (κ2) is 9.15. The van der Waals surface area contributed by atoms with E-state index in [0.29, 0.717) is 27.1 Å². The van der Waals surface area contributed by atoms with Crippen molar-refractivity contribution in [3.05, 3.63) is 57.4 Å². The molecular formula is C20H17BrN2O5S. The number of carboxylic acids is 1. The molecule has 29 heavy (non-hydrogen) atoms. The van der Waals surface area contributed by atoms with Crippen LogP contribution in [0.3, 0.4) is 0 Å². The van der Waals surface area contributed by atoms with Gasteiger partial charge in [-0.25, -0.2) is 9.79 Å². The Morgan fingerprint density at radius 1 is 1.24 bits per heavy atom. The number of hydrogen-bond donors (Lipinski definition) is 2. The van der Waals surface area contributed by atoms with E-state index in [1.165, 1.54) is 25.8 Å². The van der Waals surface area contributed by atoms with Gasteiger partial charge in [-0.3, -0.25) is 4.79 Å². The van der Waals surface area contributed by atoms with Crippen LogP contribution < -0.4 is 14.8 Å². The number of hydrogen-bond acceptors (Lipinski definition) is 6. The maximum atomic E-state index is 12.3. The molecule has 0 radical (unpaired) electrons. The molecule has 1 heterocycles. The van der Waals surface area contributed by atoms with Gasteiger partial charge in [0.05, 0.1) is 17.7 Å². The van der Waals surface area contributed by atoms with Crippen molar-refractivity contribution in [1.82, 2.24) is 5.32 Å². The van der Waals surface area contributed by atoms with Crippen molar-refractivity contribution in [3.63, 3.8) is 0 Å². The normalized spacial score (nSPS) is 17.3. The average molecular weight is 477 g/mol. The Bertz CT molecular complexity index is 1000. The largest absolute Gasteiger partial charge is 0.493 e. The van der Waals surface area contributed by atoms with E-state index >= 15 is 0 Å². The number of thioether (sulfide) groups is 1. The molecular weight excluding hydrogens is 460 g/mol. The van der Waals surface area contributed by atoms with Crippen molar-refractivity contribution in [1.29, 1.82) is 0 Å². The van der Waals surface area contributed by atoms with E-state index in [2.05, 4.69) is 26.2 Å². The number of amidine groups is 1. The van der Waals surface area contributed by atoms with Gasteiger partial charge in [0, 0.05) is 4.47 Å². The number of nitrogens with zero attached hydrogens (tertiary/aromatic N) is 1. The third-order valence-corrected chi connectivity index (χ3v) is 5.28. The molecule has 2 N–H and O–H groups in total. The number of nitrogens with one attached hydrogen (secondary N) is 1. The first-order valence-electron chi connectivity index (χ1n) is 8.48. The molecule has 2 aromatic carbocycles. The number of ether oxygens (including phenoxy) is 2. The molecule has 1 atom stereocenters. The van der Waals surface area contributed by atoms with E-state index < -0.39 is 12.1 Å². The summed E-state index contributed by atoms with van der Waals surface area (Å²) in [7, 11) is 1.46. The number of methoxy groups -OCH3 is 1. The maximum absolute atomic E-state index is 12.3. The molecule has 1 unspecified atom stereocenters. The van der Waals surface area contributed by atoms with E-state index in [4.69, 9.17) is 14.6 Å². The van der Waals surface area contributed by atoms with Crippen LogP contribution in [0.2, 0.25) is 0 Å². The quantitative estimate of drug-likeness (QED) is 0.606. The lowest BCUT2D eigenvalue weighted by Crippen LogP contribution is -2.23. The number of amides is 1. The van der Waals surface area contributed by atoms with Crippen LogP contribution in [0.4, 0.5) is 5.69 Å². The minimum atomic E-state index is -1.07. The van der Waals surface area contributed by atoms with Gasteiger partial charge in [0.1, 0.15) is 0 Å². The summed E-state index contributed by atoms with van der Waals surface area (Å²) in [6.45, 7) is 1.43. The van der Waals surface area contributed by atoms with Crippen molar-refractivity contribution in [2.45, 2.75) is 13.0 Å². The zero-order chi connectivity index (χ0) is 21.0. The molecule has 7 nitrogen and oxygen atoms in total. The first-order chi connectivity index (χ1) is 13.9. The van der Waals surface area contributed by atoms with Gasteiger partial charge in [-0.2, -0.15) is 0 Å². The summed E-state index contributed by atoms with van der Waals surface area (Å²) in [5, 5.41) is 12.2. The van der Waals surface area contributed by atoms with Crippen LogP contribution in [0.25, 0.3) is 6.08 Å². The molecule has 1 fully saturated rings. The number of rotatable bonds is 6. The number of halogens is 1. The van der Waals surface area contributed by atoms with Crippen molar-refractivity contribution in [3.8, 4) is 11.5 Å². The fourth-order valence-corrected chi connectivity index (χ4v) is 3.48. The van der Waals surface area contributed by atoms with E-state index in [-0.39, 0.29) is 5.91 Å². The van der Waals surface area contributed by atoms with Gasteiger partial charge < -0.3 is 19.9 Å². The van der Waals surface area contributed by atoms with Crippen LogP contribution in [-0.2, 0) is 9.59 Å². The second-order valence-electron chi connectivity index (χ2n) is 5.97. The molecule has 3 rings (SSSR count). The molecule has 0 bridgehead atoms. The maximum Gasteiger partial charge on any atom is 0.344 e. The lowest BCUT2D eigenvalue weighted by molar-refractivity contribution is -0.144. The summed E-state index contributed by atoms with van der Waals surface area (Å²) >= 11 is 4.60. The van der Waals surface area contributed by atoms with Crippen LogP contribution in [-0.4, -0.2) is 35.4 Å². The summed E-state index contributed by atoms with van der Waals surface area (Å²) in [4.78, 5) is 28.2. The molecule has 0 saturated carbocycles. The van der Waals surface area contributed by atoms with Crippen LogP contribution in [0.15, 0.2) is 56.8 Å². The molecule has 0 aromatic heterocycles. The van der Waals surface area contributed by atoms with Gasteiger partial charge >= 0.3 is 5.97 Å². The highest BCUT2D eigenvalue weighted by Gasteiger charge is 2.24. The number of carbonyl (C=O) groups is 2. The summed E-state index contributed by atoms with van der Waals surface area (Å²) in [5.74, 6) is -0.635. The highest BCUT2D eigenvalue weighted by atomic mass is 79.9. The first kappa shape index (κ1) is 20.9. The summed E-state index contributed by atoms with van der Waals surface area (Å²) in [6.07, 6.45) is 0.693. The van der Waals surface area contributed by atoms with Crippen molar-refractivity contribution in [2.24, 2.45) is 4.99 Å². The van der Waals surface area contributed by atoms with Gasteiger partial charge in [-0.1, -0.05) is 22.0 Å². The van der Waals surface area contributed by atoms with Gasteiger partial charge in [0.15, 0.2) is 22.8 Å². The molecule has 1 aliphatic rings. The average Bonchev–Trinajstić information content (AvgIpc) is 3.03. The van der Waals surface area contributed by atoms with Crippen LogP contribution in [0.1, 0.15) is 12.5 Å². The van der Waals surface area contributed by atoms with Crippen LogP contribution >= 0.6 is 27.7 Å². The minimum absolute atomic E-state index is 0.246. The van der Waals surface area contributed by atoms with Crippen molar-refractivity contribution in [2.75, 3.05) is 7.11 Å². The zero-order valence-electron chi connectivity index (χ0n) is 15.5. The molecule has 1 amide bonds. The number of aliphatic carboxylic acids is 1. The van der Waals surface area contributed by atoms with E-state index in [9.17, 15) is 9.59 Å². The standard InChI is InChI=1S/C20H17BrN2O5S/c1-11(19(25)26)28-15-8-3-12(9-16(15)27-2)10-17-18(24)23-20(29-17)22-14-6-4-13(21)5-7-14/h3-11H,1-2H3,(H,25,26)(H,22,23,24)/b17-10+. The van der Waals surface area contributed by atoms with Crippen molar-refractivity contribution >= 4 is 56.5 Å². The Balaban J connectivity index is 1.79. The Labute approximate surface area is 179 Å². The Hall–Kier alpha value is -2.78. The number of carbonyl (C=O) groups excluding carboxylic acids is 1. The Morgan fingerprint density at radius 3 is 2.62 bits per heavy atom. The van der Waals surface area contributed by atoms with Gasteiger partial charge in [0.25, 0.3) is 5.91 Å². The van der Waals surface area contributed by atoms with Crippen LogP contribution in [0, 0.1) is 0 Å². The topological polar surface area (TPSA) is 97.2 Å². The zero-order valence-corrected chi connectivity index (χ0v) is 17.9. The first-order valence-corrected chi connectivity index (χ1v) is 10.1. The summed E-state index contributed by atoms with van der Waals surface area (Å²) < 4.78 is 11.6. The minimum Gasteiger partial charge on any atom is -0.493 e. The number of aliphatic imine (C=N–C) groups is 1. The number of carboxylic acid groups (broad SMARTS) is 1. The molecule has 0 spiro atoms. The predicted molar refractivity (Wildman–Crippen MR) is 116 cm³/mol.